The van der Waals surface area contributed by atoms with E-state index in [2.05, 4.69) is 65.6 Å². The fourth-order valence-corrected chi connectivity index (χ4v) is 2.96. The summed E-state index contributed by atoms with van der Waals surface area (Å²) in [5, 5.41) is 6.93. The lowest BCUT2D eigenvalue weighted by Gasteiger charge is -2.20. The van der Waals surface area contributed by atoms with Crippen LogP contribution in [0.15, 0.2) is 29.3 Å². The van der Waals surface area contributed by atoms with Gasteiger partial charge in [0, 0.05) is 51.6 Å². The highest BCUT2D eigenvalue weighted by Crippen LogP contribution is 2.20. The molecule has 1 unspecified atom stereocenters. The molecule has 0 spiro atoms. The maximum absolute atomic E-state index is 5.61. The van der Waals surface area contributed by atoms with Crippen LogP contribution in [-0.2, 0) is 4.74 Å². The second-order valence-corrected chi connectivity index (χ2v) is 7.23. The molecule has 0 aromatic heterocycles. The van der Waals surface area contributed by atoms with E-state index in [1.165, 1.54) is 11.3 Å². The fourth-order valence-electron chi connectivity index (χ4n) is 2.96. The SMILES string of the molecule is CN=C(NCCCOCC(C)C)NC1CCN(c2ccc(C)cc2)C1. The van der Waals surface area contributed by atoms with Crippen molar-refractivity contribution in [3.63, 3.8) is 0 Å². The predicted molar refractivity (Wildman–Crippen MR) is 107 cm³/mol. The average molecular weight is 347 g/mol. The highest BCUT2D eigenvalue weighted by molar-refractivity contribution is 5.80. The summed E-state index contributed by atoms with van der Waals surface area (Å²) in [7, 11) is 1.83. The molecule has 5 heteroatoms. The van der Waals surface area contributed by atoms with E-state index in [0.29, 0.717) is 12.0 Å². The van der Waals surface area contributed by atoms with E-state index < -0.39 is 0 Å². The molecule has 1 aromatic carbocycles. The molecule has 1 saturated heterocycles. The van der Waals surface area contributed by atoms with Gasteiger partial charge in [-0.2, -0.15) is 0 Å². The lowest BCUT2D eigenvalue weighted by Crippen LogP contribution is -2.45. The van der Waals surface area contributed by atoms with Crippen LogP contribution in [0.1, 0.15) is 32.3 Å². The van der Waals surface area contributed by atoms with Crippen molar-refractivity contribution in [3.05, 3.63) is 29.8 Å². The van der Waals surface area contributed by atoms with Crippen LogP contribution in [0.2, 0.25) is 0 Å². The number of anilines is 1. The van der Waals surface area contributed by atoms with E-state index in [4.69, 9.17) is 4.74 Å². The Bertz CT molecular complexity index is 527. The summed E-state index contributed by atoms with van der Waals surface area (Å²) in [5.74, 6) is 1.49. The Hall–Kier alpha value is -1.75. The predicted octanol–water partition coefficient (Wildman–Crippen LogP) is 2.80. The molecule has 1 aliphatic heterocycles. The number of guanidine groups is 1. The van der Waals surface area contributed by atoms with Crippen molar-refractivity contribution < 1.29 is 4.74 Å². The van der Waals surface area contributed by atoms with Gasteiger partial charge >= 0.3 is 0 Å². The number of aryl methyl sites for hydroxylation is 1. The third-order valence-corrected chi connectivity index (χ3v) is 4.36. The molecule has 0 amide bonds. The van der Waals surface area contributed by atoms with E-state index in [9.17, 15) is 0 Å². The van der Waals surface area contributed by atoms with Gasteiger partial charge in [-0.1, -0.05) is 31.5 Å². The molecule has 1 atom stereocenters. The van der Waals surface area contributed by atoms with E-state index in [-0.39, 0.29) is 0 Å². The molecule has 0 aliphatic carbocycles. The maximum atomic E-state index is 5.61. The second kappa shape index (κ2) is 10.3. The first-order valence-electron chi connectivity index (χ1n) is 9.45. The normalized spacial score (nSPS) is 18.0. The molecular weight excluding hydrogens is 312 g/mol. The number of benzene rings is 1. The maximum Gasteiger partial charge on any atom is 0.191 e. The minimum absolute atomic E-state index is 0.435. The lowest BCUT2D eigenvalue weighted by atomic mass is 10.2. The third kappa shape index (κ3) is 6.94. The largest absolute Gasteiger partial charge is 0.381 e. The van der Waals surface area contributed by atoms with Gasteiger partial charge in [-0.25, -0.2) is 0 Å². The first-order valence-corrected chi connectivity index (χ1v) is 9.45. The molecule has 0 bridgehead atoms. The molecule has 1 aliphatic rings. The molecule has 25 heavy (non-hydrogen) atoms. The standard InChI is InChI=1S/C20H34N4O/c1-16(2)15-25-13-5-11-22-20(21-4)23-18-10-12-24(14-18)19-8-6-17(3)7-9-19/h6-9,16,18H,5,10-15H2,1-4H3,(H2,21,22,23). The smallest absolute Gasteiger partial charge is 0.191 e. The van der Waals surface area contributed by atoms with Gasteiger partial charge in [0.1, 0.15) is 0 Å². The van der Waals surface area contributed by atoms with Gasteiger partial charge < -0.3 is 20.3 Å². The van der Waals surface area contributed by atoms with Gasteiger partial charge in [-0.05, 0) is 37.8 Å². The van der Waals surface area contributed by atoms with E-state index in [1.807, 2.05) is 7.05 Å². The summed E-state index contributed by atoms with van der Waals surface area (Å²) >= 11 is 0. The van der Waals surface area contributed by atoms with Crippen LogP contribution in [0.3, 0.4) is 0 Å². The topological polar surface area (TPSA) is 48.9 Å². The Balaban J connectivity index is 1.67. The van der Waals surface area contributed by atoms with Crippen LogP contribution < -0.4 is 15.5 Å². The number of hydrogen-bond acceptors (Lipinski definition) is 3. The van der Waals surface area contributed by atoms with Crippen LogP contribution >= 0.6 is 0 Å². The summed E-state index contributed by atoms with van der Waals surface area (Å²) in [6.07, 6.45) is 2.12. The van der Waals surface area contributed by atoms with Gasteiger partial charge in [0.15, 0.2) is 5.96 Å². The molecule has 140 valence electrons. The summed E-state index contributed by atoms with van der Waals surface area (Å²) in [6, 6.07) is 9.21. The van der Waals surface area contributed by atoms with Crippen LogP contribution in [0.5, 0.6) is 0 Å². The lowest BCUT2D eigenvalue weighted by molar-refractivity contribution is 0.108. The number of hydrogen-bond donors (Lipinski definition) is 2. The zero-order valence-corrected chi connectivity index (χ0v) is 16.2. The Morgan fingerprint density at radius 1 is 1.32 bits per heavy atom. The Morgan fingerprint density at radius 2 is 2.08 bits per heavy atom. The highest BCUT2D eigenvalue weighted by Gasteiger charge is 2.23. The second-order valence-electron chi connectivity index (χ2n) is 7.23. The van der Waals surface area contributed by atoms with Crippen LogP contribution in [0, 0.1) is 12.8 Å². The van der Waals surface area contributed by atoms with Crippen molar-refractivity contribution in [2.45, 2.75) is 39.7 Å². The van der Waals surface area contributed by atoms with Crippen LogP contribution in [0.25, 0.3) is 0 Å². The van der Waals surface area contributed by atoms with Gasteiger partial charge in [0.2, 0.25) is 0 Å². The molecular formula is C20H34N4O. The number of nitrogens with zero attached hydrogens (tertiary/aromatic N) is 2. The summed E-state index contributed by atoms with van der Waals surface area (Å²) in [4.78, 5) is 6.78. The van der Waals surface area contributed by atoms with Crippen molar-refractivity contribution in [2.75, 3.05) is 44.8 Å². The zero-order valence-electron chi connectivity index (χ0n) is 16.2. The first kappa shape index (κ1) is 19.6. The summed E-state index contributed by atoms with van der Waals surface area (Å²) in [6.45, 7) is 11.1. The number of nitrogens with one attached hydrogen (secondary N) is 2. The highest BCUT2D eigenvalue weighted by atomic mass is 16.5. The molecule has 5 nitrogen and oxygen atoms in total. The van der Waals surface area contributed by atoms with Crippen molar-refractivity contribution >= 4 is 11.6 Å². The number of aliphatic imine (C=N–C) groups is 1. The van der Waals surface area contributed by atoms with Crippen molar-refractivity contribution in [1.82, 2.24) is 10.6 Å². The van der Waals surface area contributed by atoms with Crippen LogP contribution in [0.4, 0.5) is 5.69 Å². The monoisotopic (exact) mass is 346 g/mol. The Morgan fingerprint density at radius 3 is 2.76 bits per heavy atom. The number of rotatable bonds is 8. The first-order chi connectivity index (χ1) is 12.1. The summed E-state index contributed by atoms with van der Waals surface area (Å²) < 4.78 is 5.61. The molecule has 2 N–H and O–H groups in total. The van der Waals surface area contributed by atoms with Gasteiger partial charge in [0.05, 0.1) is 0 Å². The van der Waals surface area contributed by atoms with Crippen LogP contribution in [-0.4, -0.2) is 51.9 Å². The fraction of sp³-hybridized carbons (Fsp3) is 0.650. The van der Waals surface area contributed by atoms with E-state index >= 15 is 0 Å². The zero-order chi connectivity index (χ0) is 18.1. The molecule has 0 radical (unpaired) electrons. The molecule has 1 aromatic rings. The minimum Gasteiger partial charge on any atom is -0.381 e. The van der Waals surface area contributed by atoms with Crippen molar-refractivity contribution in [1.29, 1.82) is 0 Å². The van der Waals surface area contributed by atoms with Gasteiger partial charge in [0.25, 0.3) is 0 Å². The molecule has 1 heterocycles. The Labute approximate surface area is 152 Å². The quantitative estimate of drug-likeness (QED) is 0.432. The van der Waals surface area contributed by atoms with Crippen molar-refractivity contribution in [3.8, 4) is 0 Å². The van der Waals surface area contributed by atoms with E-state index in [1.54, 1.807) is 0 Å². The molecule has 2 rings (SSSR count). The molecule has 1 fully saturated rings. The third-order valence-electron chi connectivity index (χ3n) is 4.36. The number of ether oxygens (including phenoxy) is 1. The summed E-state index contributed by atoms with van der Waals surface area (Å²) in [5.41, 5.74) is 2.61. The molecule has 0 saturated carbocycles. The average Bonchev–Trinajstić information content (AvgIpc) is 3.05. The van der Waals surface area contributed by atoms with E-state index in [0.717, 1.165) is 51.6 Å². The van der Waals surface area contributed by atoms with Crippen molar-refractivity contribution in [2.24, 2.45) is 10.9 Å². The van der Waals surface area contributed by atoms with Gasteiger partial charge in [-0.3, -0.25) is 4.99 Å². The van der Waals surface area contributed by atoms with Gasteiger partial charge in [-0.15, -0.1) is 0 Å². The minimum atomic E-state index is 0.435. The Kier molecular flexibility index (Phi) is 8.06.